The van der Waals surface area contributed by atoms with Crippen LogP contribution >= 0.6 is 0 Å². The Morgan fingerprint density at radius 2 is 2.05 bits per heavy atom. The highest BCUT2D eigenvalue weighted by Gasteiger charge is 2.39. The second kappa shape index (κ2) is 5.09. The van der Waals surface area contributed by atoms with E-state index in [9.17, 15) is 13.2 Å². The summed E-state index contributed by atoms with van der Waals surface area (Å²) in [5, 5.41) is 9.48. The summed E-state index contributed by atoms with van der Waals surface area (Å²) in [6.07, 6.45) is 3.00. The van der Waals surface area contributed by atoms with Gasteiger partial charge in [0.15, 0.2) is 0 Å². The van der Waals surface area contributed by atoms with Crippen LogP contribution in [0.2, 0.25) is 0 Å². The lowest BCUT2D eigenvalue weighted by Crippen LogP contribution is -2.37. The Bertz CT molecular complexity index is 794. The molecule has 6 nitrogen and oxygen atoms in total. The van der Waals surface area contributed by atoms with E-state index in [1.165, 1.54) is 6.07 Å². The molecule has 1 heterocycles. The molecule has 0 aliphatic heterocycles. The van der Waals surface area contributed by atoms with Crippen LogP contribution < -0.4 is 0 Å². The van der Waals surface area contributed by atoms with E-state index < -0.39 is 22.5 Å². The van der Waals surface area contributed by atoms with Crippen LogP contribution in [0.1, 0.15) is 12.8 Å². The molecule has 1 saturated carbocycles. The number of aliphatic carboxylic acids is 1. The van der Waals surface area contributed by atoms with Crippen molar-refractivity contribution in [3.05, 3.63) is 36.5 Å². The number of benzene rings is 1. The first-order valence-electron chi connectivity index (χ1n) is 6.57. The largest absolute Gasteiger partial charge is 0.480 e. The van der Waals surface area contributed by atoms with Gasteiger partial charge in [-0.2, -0.15) is 4.31 Å². The first kappa shape index (κ1) is 14.0. The number of carbonyl (C=O) groups is 1. The van der Waals surface area contributed by atoms with E-state index in [-0.39, 0.29) is 10.9 Å². The van der Waals surface area contributed by atoms with Crippen LogP contribution in [-0.2, 0) is 14.8 Å². The van der Waals surface area contributed by atoms with Gasteiger partial charge in [0.25, 0.3) is 0 Å². The Labute approximate surface area is 122 Å². The number of hydrogen-bond donors (Lipinski definition) is 1. The molecule has 0 bridgehead atoms. The van der Waals surface area contributed by atoms with Crippen molar-refractivity contribution in [3.8, 4) is 0 Å². The maximum atomic E-state index is 12.8. The summed E-state index contributed by atoms with van der Waals surface area (Å²) in [5.41, 5.74) is 0.574. The van der Waals surface area contributed by atoms with E-state index in [1.54, 1.807) is 30.5 Å². The second-order valence-electron chi connectivity index (χ2n) is 5.00. The highest BCUT2D eigenvalue weighted by atomic mass is 32.2. The third kappa shape index (κ3) is 2.62. The second-order valence-corrected chi connectivity index (χ2v) is 6.86. The summed E-state index contributed by atoms with van der Waals surface area (Å²) in [4.78, 5) is 15.2. The standard InChI is InChI=1S/C14H14N2O4S/c17-14(18)9-16(10-6-7-10)21(19,20)13-5-1-4-12-11(13)3-2-8-15-12/h1-5,8,10H,6-7,9H2,(H,17,18). The molecule has 1 aliphatic rings. The zero-order valence-corrected chi connectivity index (χ0v) is 12.0. The van der Waals surface area contributed by atoms with E-state index in [0.717, 1.165) is 4.31 Å². The Balaban J connectivity index is 2.13. The molecular weight excluding hydrogens is 292 g/mol. The fourth-order valence-corrected chi connectivity index (χ4v) is 4.17. The predicted molar refractivity (Wildman–Crippen MR) is 76.3 cm³/mol. The van der Waals surface area contributed by atoms with Crippen molar-refractivity contribution in [1.82, 2.24) is 9.29 Å². The average Bonchev–Trinajstić information content (AvgIpc) is 3.28. The van der Waals surface area contributed by atoms with Crippen LogP contribution in [0.25, 0.3) is 10.9 Å². The summed E-state index contributed by atoms with van der Waals surface area (Å²) < 4.78 is 26.7. The third-order valence-electron chi connectivity index (χ3n) is 3.44. The Kier molecular flexibility index (Phi) is 3.38. The molecule has 0 spiro atoms. The Hall–Kier alpha value is -1.99. The maximum absolute atomic E-state index is 12.8. The van der Waals surface area contributed by atoms with Crippen molar-refractivity contribution >= 4 is 26.9 Å². The molecule has 0 unspecified atom stereocenters. The molecule has 0 amide bonds. The zero-order chi connectivity index (χ0) is 15.0. The minimum Gasteiger partial charge on any atom is -0.480 e. The number of hydrogen-bond acceptors (Lipinski definition) is 4. The topological polar surface area (TPSA) is 87.6 Å². The van der Waals surface area contributed by atoms with Gasteiger partial charge in [0, 0.05) is 17.6 Å². The summed E-state index contributed by atoms with van der Waals surface area (Å²) >= 11 is 0. The Morgan fingerprint density at radius 1 is 1.29 bits per heavy atom. The molecule has 0 saturated heterocycles. The molecule has 1 fully saturated rings. The van der Waals surface area contributed by atoms with E-state index in [2.05, 4.69) is 4.98 Å². The number of fused-ring (bicyclic) bond motifs is 1. The Morgan fingerprint density at radius 3 is 2.71 bits per heavy atom. The number of rotatable bonds is 5. The zero-order valence-electron chi connectivity index (χ0n) is 11.1. The molecule has 1 N–H and O–H groups in total. The molecule has 21 heavy (non-hydrogen) atoms. The van der Waals surface area contributed by atoms with Gasteiger partial charge in [-0.25, -0.2) is 8.42 Å². The molecule has 2 aromatic rings. The minimum absolute atomic E-state index is 0.112. The molecule has 1 aliphatic carbocycles. The quantitative estimate of drug-likeness (QED) is 0.904. The van der Waals surface area contributed by atoms with Crippen molar-refractivity contribution in [2.45, 2.75) is 23.8 Å². The number of carboxylic acids is 1. The summed E-state index contributed by atoms with van der Waals surface area (Å²) in [5.74, 6) is -1.15. The van der Waals surface area contributed by atoms with Gasteiger partial charge >= 0.3 is 5.97 Å². The number of aromatic nitrogens is 1. The third-order valence-corrected chi connectivity index (χ3v) is 5.39. The van der Waals surface area contributed by atoms with Gasteiger partial charge < -0.3 is 5.11 Å². The van der Waals surface area contributed by atoms with Crippen molar-refractivity contribution in [2.75, 3.05) is 6.54 Å². The minimum atomic E-state index is -3.85. The van der Waals surface area contributed by atoms with Crippen molar-refractivity contribution in [2.24, 2.45) is 0 Å². The van der Waals surface area contributed by atoms with Crippen LogP contribution in [-0.4, -0.2) is 41.4 Å². The number of sulfonamides is 1. The molecule has 3 rings (SSSR count). The van der Waals surface area contributed by atoms with Gasteiger partial charge in [0.1, 0.15) is 6.54 Å². The van der Waals surface area contributed by atoms with Gasteiger partial charge in [-0.05, 0) is 37.1 Å². The lowest BCUT2D eigenvalue weighted by molar-refractivity contribution is -0.137. The molecule has 0 atom stereocenters. The van der Waals surface area contributed by atoms with Crippen molar-refractivity contribution < 1.29 is 18.3 Å². The van der Waals surface area contributed by atoms with Crippen LogP contribution in [0.15, 0.2) is 41.4 Å². The summed E-state index contributed by atoms with van der Waals surface area (Å²) in [6.45, 7) is -0.510. The molecular formula is C14H14N2O4S. The van der Waals surface area contributed by atoms with Gasteiger partial charge in [-0.1, -0.05) is 6.07 Å². The van der Waals surface area contributed by atoms with Gasteiger partial charge in [0.2, 0.25) is 10.0 Å². The normalized spacial score (nSPS) is 15.5. The molecule has 1 aromatic carbocycles. The highest BCUT2D eigenvalue weighted by molar-refractivity contribution is 7.89. The number of pyridine rings is 1. The fraction of sp³-hybridized carbons (Fsp3) is 0.286. The van der Waals surface area contributed by atoms with Gasteiger partial charge in [0.05, 0.1) is 10.4 Å². The van der Waals surface area contributed by atoms with Crippen molar-refractivity contribution in [1.29, 1.82) is 0 Å². The predicted octanol–water partition coefficient (Wildman–Crippen LogP) is 1.47. The molecule has 0 radical (unpaired) electrons. The van der Waals surface area contributed by atoms with Crippen LogP contribution in [0.3, 0.4) is 0 Å². The van der Waals surface area contributed by atoms with Crippen molar-refractivity contribution in [3.63, 3.8) is 0 Å². The fourth-order valence-electron chi connectivity index (χ4n) is 2.33. The van der Waals surface area contributed by atoms with E-state index in [4.69, 9.17) is 5.11 Å². The highest BCUT2D eigenvalue weighted by Crippen LogP contribution is 2.33. The maximum Gasteiger partial charge on any atom is 0.318 e. The van der Waals surface area contributed by atoms with Gasteiger partial charge in [-0.15, -0.1) is 0 Å². The summed E-state index contributed by atoms with van der Waals surface area (Å²) in [6, 6.07) is 7.98. The number of nitrogens with zero attached hydrogens (tertiary/aromatic N) is 2. The van der Waals surface area contributed by atoms with E-state index >= 15 is 0 Å². The SMILES string of the molecule is O=C(O)CN(C1CC1)S(=O)(=O)c1cccc2ncccc12. The number of carboxylic acid groups (broad SMARTS) is 1. The van der Waals surface area contributed by atoms with Gasteiger partial charge in [-0.3, -0.25) is 9.78 Å². The average molecular weight is 306 g/mol. The first-order valence-corrected chi connectivity index (χ1v) is 8.01. The van der Waals surface area contributed by atoms with Crippen LogP contribution in [0.5, 0.6) is 0 Å². The monoisotopic (exact) mass is 306 g/mol. The molecule has 1 aromatic heterocycles. The molecule has 7 heteroatoms. The van der Waals surface area contributed by atoms with E-state index in [1.807, 2.05) is 0 Å². The first-order chi connectivity index (χ1) is 10.00. The lowest BCUT2D eigenvalue weighted by atomic mass is 10.2. The van der Waals surface area contributed by atoms with Crippen LogP contribution in [0, 0.1) is 0 Å². The lowest BCUT2D eigenvalue weighted by Gasteiger charge is -2.20. The summed E-state index contributed by atoms with van der Waals surface area (Å²) in [7, 11) is -3.85. The molecule has 110 valence electrons. The smallest absolute Gasteiger partial charge is 0.318 e. The van der Waals surface area contributed by atoms with Crippen LogP contribution in [0.4, 0.5) is 0 Å². The van der Waals surface area contributed by atoms with E-state index in [0.29, 0.717) is 23.7 Å².